The van der Waals surface area contributed by atoms with Crippen molar-refractivity contribution in [2.24, 2.45) is 15.0 Å². The molecule has 0 bridgehead atoms. The molecule has 5 aromatic rings. The Bertz CT molecular complexity index is 3020. The Hall–Kier alpha value is -2.03. The van der Waals surface area contributed by atoms with Crippen LogP contribution in [0.3, 0.4) is 0 Å². The number of hydrogen-bond donors (Lipinski definition) is 0. The molecule has 0 saturated carbocycles. The maximum atomic E-state index is 6.03. The normalized spacial score (nSPS) is 14.5. The van der Waals surface area contributed by atoms with E-state index in [1.807, 2.05) is 0 Å². The predicted molar refractivity (Wildman–Crippen MR) is 384 cm³/mol. The Balaban J connectivity index is 1.17. The van der Waals surface area contributed by atoms with Crippen LogP contribution in [-0.2, 0) is 0 Å². The first kappa shape index (κ1) is 67.4. The summed E-state index contributed by atoms with van der Waals surface area (Å²) in [6.45, 7) is 14.0. The van der Waals surface area contributed by atoms with Gasteiger partial charge in [0.05, 0.1) is 0 Å². The fourth-order valence-corrected chi connectivity index (χ4v) is 20.0. The van der Waals surface area contributed by atoms with Crippen molar-refractivity contribution in [2.75, 3.05) is 34.5 Å². The third-order valence-corrected chi connectivity index (χ3v) is 25.3. The highest BCUT2D eigenvalue weighted by Gasteiger charge is 2.53. The highest BCUT2D eigenvalue weighted by atomic mass is 32.2. The number of thioether (sulfide) groups is 6. The van der Waals surface area contributed by atoms with Crippen molar-refractivity contribution in [2.45, 2.75) is 308 Å². The predicted octanol–water partition coefficient (Wildman–Crippen LogP) is 24.0. The number of aliphatic imine (C=N–C) groups is 1. The van der Waals surface area contributed by atoms with Crippen LogP contribution in [0.25, 0.3) is 21.5 Å². The molecule has 0 aliphatic carbocycles. The van der Waals surface area contributed by atoms with E-state index in [0.717, 1.165) is 57.2 Å². The minimum Gasteiger partial charge on any atom is -0.334 e. The first-order chi connectivity index (χ1) is 42.0. The highest BCUT2D eigenvalue weighted by Crippen LogP contribution is 2.52. The smallest absolute Gasteiger partial charge is 0.334 e. The molecule has 3 aromatic carbocycles. The minimum absolute atomic E-state index is 0.148. The van der Waals surface area contributed by atoms with E-state index in [-0.39, 0.29) is 13.3 Å². The second-order valence-corrected chi connectivity index (χ2v) is 31.9. The van der Waals surface area contributed by atoms with Crippen molar-refractivity contribution in [3.8, 4) is 0 Å². The van der Waals surface area contributed by atoms with Gasteiger partial charge >= 0.3 is 7.12 Å². The van der Waals surface area contributed by atoms with Crippen LogP contribution in [0.1, 0.15) is 290 Å². The lowest BCUT2D eigenvalue weighted by Gasteiger charge is -2.39. The number of hydrogen-bond acceptors (Lipinski definition) is 10. The van der Waals surface area contributed by atoms with Crippen molar-refractivity contribution in [3.05, 3.63) is 58.5 Å². The van der Waals surface area contributed by atoms with Gasteiger partial charge in [-0.1, -0.05) is 234 Å². The van der Waals surface area contributed by atoms with E-state index in [4.69, 9.17) is 15.0 Å². The molecular formula is C72H109BN6S6. The number of nitrogens with zero attached hydrogens (tertiary/aromatic N) is 6. The van der Waals surface area contributed by atoms with Gasteiger partial charge in [-0.15, -0.1) is 70.6 Å². The fourth-order valence-electron chi connectivity index (χ4n) is 13.1. The summed E-state index contributed by atoms with van der Waals surface area (Å²) in [4.78, 5) is 29.2. The largest absolute Gasteiger partial charge is 0.522 e. The van der Waals surface area contributed by atoms with Crippen molar-refractivity contribution < 1.29 is 0 Å². The summed E-state index contributed by atoms with van der Waals surface area (Å²) in [5, 5.41) is 5.06. The molecule has 0 spiro atoms. The number of fused-ring (bicyclic) bond motifs is 9. The summed E-state index contributed by atoms with van der Waals surface area (Å²) in [5.74, 6) is 10.2. The van der Waals surface area contributed by atoms with Crippen LogP contribution in [0.5, 0.6) is 0 Å². The van der Waals surface area contributed by atoms with E-state index in [1.165, 1.54) is 299 Å². The van der Waals surface area contributed by atoms with Crippen molar-refractivity contribution in [3.63, 3.8) is 0 Å². The summed E-state index contributed by atoms with van der Waals surface area (Å²) in [6.07, 6.45) is 47.6. The Morgan fingerprint density at radius 2 is 0.635 bits per heavy atom. The van der Waals surface area contributed by atoms with Gasteiger partial charge in [0.1, 0.15) is 34.6 Å². The monoisotopic (exact) mass is 1260 g/mol. The van der Waals surface area contributed by atoms with E-state index < -0.39 is 0 Å². The molecular weight excluding hydrogens is 1150 g/mol. The van der Waals surface area contributed by atoms with Gasteiger partial charge in [0.25, 0.3) is 0 Å². The lowest BCUT2D eigenvalue weighted by atomic mass is 9.85. The summed E-state index contributed by atoms with van der Waals surface area (Å²) < 4.78 is 5.12. The van der Waals surface area contributed by atoms with Crippen LogP contribution in [0, 0.1) is 0 Å². The number of rotatable bonds is 48. The topological polar surface area (TPSA) is 50.2 Å². The van der Waals surface area contributed by atoms with Crippen LogP contribution in [-0.4, -0.2) is 61.2 Å². The van der Waals surface area contributed by atoms with E-state index in [9.17, 15) is 0 Å². The number of benzene rings is 3. The van der Waals surface area contributed by atoms with Crippen LogP contribution >= 0.6 is 70.6 Å². The van der Waals surface area contributed by atoms with Crippen molar-refractivity contribution in [1.29, 1.82) is 0 Å². The minimum atomic E-state index is -0.166. The maximum Gasteiger partial charge on any atom is 0.522 e. The quantitative estimate of drug-likeness (QED) is 0.0218. The van der Waals surface area contributed by atoms with Crippen LogP contribution in [0.4, 0.5) is 11.6 Å². The van der Waals surface area contributed by atoms with Crippen LogP contribution < -0.4 is 11.0 Å². The van der Waals surface area contributed by atoms with E-state index >= 15 is 0 Å². The number of aromatic nitrogens is 2. The summed E-state index contributed by atoms with van der Waals surface area (Å²) in [6, 6.07) is 15.5. The molecule has 1 atom stereocenters. The van der Waals surface area contributed by atoms with Crippen LogP contribution in [0.15, 0.2) is 80.7 Å². The Labute approximate surface area is 542 Å². The summed E-state index contributed by atoms with van der Waals surface area (Å²) >= 11 is 12.6. The highest BCUT2D eigenvalue weighted by molar-refractivity contribution is 8.03. The Kier molecular flexibility index (Phi) is 29.1. The van der Waals surface area contributed by atoms with Gasteiger partial charge < -0.3 is 13.8 Å². The molecule has 0 radical (unpaired) electrons. The molecule has 0 fully saturated rings. The first-order valence-corrected chi connectivity index (χ1v) is 41.1. The van der Waals surface area contributed by atoms with Gasteiger partial charge in [-0.25, -0.2) is 15.0 Å². The zero-order valence-electron chi connectivity index (χ0n) is 54.0. The summed E-state index contributed by atoms with van der Waals surface area (Å²) in [7, 11) is -0.148. The maximum absolute atomic E-state index is 6.03. The van der Waals surface area contributed by atoms with Gasteiger partial charge in [0.15, 0.2) is 0 Å². The standard InChI is InChI=1S/C72H109BN6S6/c1-7-13-19-25-31-37-43-80-61-49-55-56(50-62(61)81-44-38-32-26-20-14-8-2)68-75-70-59-53-65(84-47-41-35-29-23-17-11-5)66(85-48-42-36-30-24-18-12-6)54-60(59)72-76-71-58-52-64(83-46-40-34-28-22-16-10-4)63(82-45-39-33-27-21-15-9-3)51-57(58)69-74-67(55)77(68)73(78(69)71)79(70)72/h49-54,67H,7-48H2,1-6H3. The molecule has 6 nitrogen and oxygen atoms in total. The van der Waals surface area contributed by atoms with E-state index in [0.29, 0.717) is 0 Å². The van der Waals surface area contributed by atoms with Gasteiger partial charge in [-0.3, -0.25) is 0 Å². The fraction of sp³-hybridized carbons (Fsp3) is 0.681. The Morgan fingerprint density at radius 3 is 1.01 bits per heavy atom. The van der Waals surface area contributed by atoms with Crippen molar-refractivity contribution >= 4 is 117 Å². The SMILES string of the molecule is CCCCCCCCSc1cc2c(cc1SCCCCCCCC)C1N=c3c4cc(SCCCCCCCC)c(SCCCCCCCC)cc4c4n3B3N1C2=Nc1c2cc(SCCCCCCCC)c(SCCCCCCCC)cc2c(n13)N=4. The number of amidine groups is 1. The first-order valence-electron chi connectivity index (χ1n) is 35.2. The second kappa shape index (κ2) is 36.7. The lowest BCUT2D eigenvalue weighted by molar-refractivity contribution is 0.442. The molecule has 0 N–H and O–H groups in total. The molecule has 0 saturated heterocycles. The average molecular weight is 1260 g/mol. The van der Waals surface area contributed by atoms with Gasteiger partial charge in [0.2, 0.25) is 0 Å². The van der Waals surface area contributed by atoms with Gasteiger partial charge in [0, 0.05) is 62.0 Å². The third-order valence-electron chi connectivity index (χ3n) is 18.1. The average Bonchev–Trinajstić information content (AvgIpc) is 1.68. The number of unbranched alkanes of at least 4 members (excludes halogenated alkanes) is 30. The third kappa shape index (κ3) is 17.7. The van der Waals surface area contributed by atoms with E-state index in [2.05, 4.69) is 162 Å². The molecule has 4 aliphatic heterocycles. The lowest BCUT2D eigenvalue weighted by Crippen LogP contribution is -2.63. The summed E-state index contributed by atoms with van der Waals surface area (Å²) in [5.41, 5.74) is 4.80. The van der Waals surface area contributed by atoms with Gasteiger partial charge in [-0.2, -0.15) is 0 Å². The Morgan fingerprint density at radius 1 is 0.329 bits per heavy atom. The molecule has 466 valence electrons. The molecule has 1 unspecified atom stereocenters. The zero-order chi connectivity index (χ0) is 59.0. The van der Waals surface area contributed by atoms with E-state index in [1.54, 1.807) is 0 Å². The van der Waals surface area contributed by atoms with Crippen molar-refractivity contribution in [1.82, 2.24) is 13.8 Å². The zero-order valence-corrected chi connectivity index (χ0v) is 58.8. The molecule has 13 heteroatoms. The molecule has 6 heterocycles. The molecule has 0 amide bonds. The molecule has 4 aliphatic rings. The van der Waals surface area contributed by atoms with Crippen LogP contribution in [0.2, 0.25) is 0 Å². The second-order valence-electron chi connectivity index (χ2n) is 25.1. The molecule has 2 aromatic heterocycles. The van der Waals surface area contributed by atoms with Gasteiger partial charge in [-0.05, 0) is 109 Å². The molecule has 9 rings (SSSR count). The molecule has 85 heavy (non-hydrogen) atoms.